The van der Waals surface area contributed by atoms with Gasteiger partial charge in [-0.1, -0.05) is 0 Å². The number of thiol groups is 1. The highest BCUT2D eigenvalue weighted by molar-refractivity contribution is 7.81. The van der Waals surface area contributed by atoms with Gasteiger partial charge in [0, 0.05) is 37.9 Å². The molecule has 0 radical (unpaired) electrons. The van der Waals surface area contributed by atoms with Crippen LogP contribution in [-0.2, 0) is 9.47 Å². The maximum absolute atomic E-state index is 5.74. The first-order valence-corrected chi connectivity index (χ1v) is 4.75. The summed E-state index contributed by atoms with van der Waals surface area (Å²) in [6.45, 7) is 2.57. The van der Waals surface area contributed by atoms with Crippen LogP contribution in [0.1, 0.15) is 19.3 Å². The third-order valence-corrected chi connectivity index (χ3v) is 3.46. The lowest BCUT2D eigenvalue weighted by Gasteiger charge is -2.35. The summed E-state index contributed by atoms with van der Waals surface area (Å²) in [7, 11) is 0. The minimum absolute atomic E-state index is 0.0708. The SMILES string of the molecule is SC1CCOC12CCOCC2. The molecular weight excluding hydrogens is 160 g/mol. The van der Waals surface area contributed by atoms with Crippen molar-refractivity contribution in [3.8, 4) is 0 Å². The van der Waals surface area contributed by atoms with Crippen molar-refractivity contribution >= 4 is 12.6 Å². The molecule has 0 saturated carbocycles. The Balaban J connectivity index is 2.06. The van der Waals surface area contributed by atoms with Gasteiger partial charge in [0.25, 0.3) is 0 Å². The van der Waals surface area contributed by atoms with E-state index in [4.69, 9.17) is 9.47 Å². The van der Waals surface area contributed by atoms with Crippen molar-refractivity contribution < 1.29 is 9.47 Å². The first-order chi connectivity index (χ1) is 5.33. The predicted molar refractivity (Wildman–Crippen MR) is 46.1 cm³/mol. The van der Waals surface area contributed by atoms with Gasteiger partial charge in [-0.15, -0.1) is 0 Å². The summed E-state index contributed by atoms with van der Waals surface area (Å²) in [5, 5.41) is 0.436. The van der Waals surface area contributed by atoms with E-state index in [0.29, 0.717) is 5.25 Å². The van der Waals surface area contributed by atoms with Gasteiger partial charge < -0.3 is 9.47 Å². The Labute approximate surface area is 72.7 Å². The Morgan fingerprint density at radius 3 is 2.45 bits per heavy atom. The van der Waals surface area contributed by atoms with Gasteiger partial charge in [0.2, 0.25) is 0 Å². The first kappa shape index (κ1) is 7.90. The molecule has 2 rings (SSSR count). The van der Waals surface area contributed by atoms with Crippen LogP contribution in [0.5, 0.6) is 0 Å². The van der Waals surface area contributed by atoms with E-state index in [1.165, 1.54) is 0 Å². The molecule has 2 saturated heterocycles. The zero-order valence-corrected chi connectivity index (χ0v) is 7.48. The summed E-state index contributed by atoms with van der Waals surface area (Å²) in [5.41, 5.74) is 0.0708. The Hall–Kier alpha value is 0.270. The van der Waals surface area contributed by atoms with Crippen molar-refractivity contribution in [1.29, 1.82) is 0 Å². The lowest BCUT2D eigenvalue weighted by Crippen LogP contribution is -2.42. The number of hydrogen-bond donors (Lipinski definition) is 1. The molecule has 1 spiro atoms. The summed E-state index contributed by atoms with van der Waals surface area (Å²) < 4.78 is 11.0. The highest BCUT2D eigenvalue weighted by Gasteiger charge is 2.43. The molecule has 0 aliphatic carbocycles. The van der Waals surface area contributed by atoms with Crippen molar-refractivity contribution in [2.75, 3.05) is 19.8 Å². The average Bonchev–Trinajstić information content (AvgIpc) is 2.36. The van der Waals surface area contributed by atoms with E-state index in [1.807, 2.05) is 0 Å². The maximum atomic E-state index is 5.74. The second-order valence-corrected chi connectivity index (χ2v) is 3.95. The summed E-state index contributed by atoms with van der Waals surface area (Å²) in [6.07, 6.45) is 3.16. The van der Waals surface area contributed by atoms with Gasteiger partial charge in [-0.25, -0.2) is 0 Å². The van der Waals surface area contributed by atoms with Crippen LogP contribution in [-0.4, -0.2) is 30.7 Å². The highest BCUT2D eigenvalue weighted by Crippen LogP contribution is 2.38. The predicted octanol–water partition coefficient (Wildman–Crippen LogP) is 1.25. The quantitative estimate of drug-likeness (QED) is 0.557. The highest BCUT2D eigenvalue weighted by atomic mass is 32.1. The Morgan fingerprint density at radius 2 is 1.91 bits per heavy atom. The van der Waals surface area contributed by atoms with Crippen LogP contribution in [0.2, 0.25) is 0 Å². The van der Waals surface area contributed by atoms with Crippen LogP contribution in [0.15, 0.2) is 0 Å². The summed E-state index contributed by atoms with van der Waals surface area (Å²) >= 11 is 4.54. The zero-order chi connectivity index (χ0) is 7.73. The molecule has 1 atom stereocenters. The molecule has 0 N–H and O–H groups in total. The summed E-state index contributed by atoms with van der Waals surface area (Å²) in [6, 6.07) is 0. The van der Waals surface area contributed by atoms with Crippen LogP contribution >= 0.6 is 12.6 Å². The number of hydrogen-bond acceptors (Lipinski definition) is 3. The molecule has 0 amide bonds. The molecule has 2 heterocycles. The van der Waals surface area contributed by atoms with E-state index in [1.54, 1.807) is 0 Å². The summed E-state index contributed by atoms with van der Waals surface area (Å²) in [4.78, 5) is 0. The smallest absolute Gasteiger partial charge is 0.0842 e. The third kappa shape index (κ3) is 1.30. The third-order valence-electron chi connectivity index (χ3n) is 2.73. The van der Waals surface area contributed by atoms with Crippen molar-refractivity contribution in [3.05, 3.63) is 0 Å². The van der Waals surface area contributed by atoms with E-state index in [-0.39, 0.29) is 5.60 Å². The van der Waals surface area contributed by atoms with Gasteiger partial charge >= 0.3 is 0 Å². The second kappa shape index (κ2) is 2.96. The zero-order valence-electron chi connectivity index (χ0n) is 6.58. The Bertz CT molecular complexity index is 143. The lowest BCUT2D eigenvalue weighted by atomic mass is 9.91. The minimum Gasteiger partial charge on any atom is -0.381 e. The van der Waals surface area contributed by atoms with Gasteiger partial charge in [0.05, 0.1) is 5.60 Å². The van der Waals surface area contributed by atoms with Crippen LogP contribution in [0.3, 0.4) is 0 Å². The van der Waals surface area contributed by atoms with Gasteiger partial charge in [0.1, 0.15) is 0 Å². The molecular formula is C8H14O2S. The number of ether oxygens (including phenoxy) is 2. The Morgan fingerprint density at radius 1 is 1.18 bits per heavy atom. The number of rotatable bonds is 0. The van der Waals surface area contributed by atoms with Gasteiger partial charge in [0.15, 0.2) is 0 Å². The van der Waals surface area contributed by atoms with E-state index in [0.717, 1.165) is 39.1 Å². The van der Waals surface area contributed by atoms with Crippen LogP contribution in [0.25, 0.3) is 0 Å². The van der Waals surface area contributed by atoms with E-state index in [9.17, 15) is 0 Å². The molecule has 2 aliphatic heterocycles. The van der Waals surface area contributed by atoms with Gasteiger partial charge in [-0.2, -0.15) is 12.6 Å². The van der Waals surface area contributed by atoms with Crippen LogP contribution in [0, 0.1) is 0 Å². The lowest BCUT2D eigenvalue weighted by molar-refractivity contribution is -0.0750. The molecule has 64 valence electrons. The monoisotopic (exact) mass is 174 g/mol. The fourth-order valence-electron chi connectivity index (χ4n) is 1.93. The molecule has 2 aliphatic rings. The molecule has 0 aromatic carbocycles. The topological polar surface area (TPSA) is 18.5 Å². The van der Waals surface area contributed by atoms with Crippen molar-refractivity contribution in [3.63, 3.8) is 0 Å². The van der Waals surface area contributed by atoms with Crippen LogP contribution < -0.4 is 0 Å². The van der Waals surface area contributed by atoms with E-state index >= 15 is 0 Å². The van der Waals surface area contributed by atoms with Gasteiger partial charge in [-0.3, -0.25) is 0 Å². The first-order valence-electron chi connectivity index (χ1n) is 4.23. The molecule has 0 aromatic heterocycles. The molecule has 1 unspecified atom stereocenters. The van der Waals surface area contributed by atoms with Crippen molar-refractivity contribution in [2.45, 2.75) is 30.1 Å². The van der Waals surface area contributed by atoms with E-state index < -0.39 is 0 Å². The molecule has 2 fully saturated rings. The normalized spacial score (nSPS) is 36.3. The standard InChI is InChI=1S/C8H14O2S/c11-7-1-4-10-8(7)2-5-9-6-3-8/h7,11H,1-6H2. The maximum Gasteiger partial charge on any atom is 0.0842 e. The summed E-state index contributed by atoms with van der Waals surface area (Å²) in [5.74, 6) is 0. The molecule has 11 heavy (non-hydrogen) atoms. The molecule has 0 bridgehead atoms. The van der Waals surface area contributed by atoms with Crippen molar-refractivity contribution in [2.24, 2.45) is 0 Å². The molecule has 3 heteroatoms. The fourth-order valence-corrected chi connectivity index (χ4v) is 2.37. The average molecular weight is 174 g/mol. The minimum atomic E-state index is 0.0708. The molecule has 2 nitrogen and oxygen atoms in total. The van der Waals surface area contributed by atoms with Crippen molar-refractivity contribution in [1.82, 2.24) is 0 Å². The molecule has 0 aromatic rings. The van der Waals surface area contributed by atoms with E-state index in [2.05, 4.69) is 12.6 Å². The second-order valence-electron chi connectivity index (χ2n) is 3.33. The van der Waals surface area contributed by atoms with Gasteiger partial charge in [-0.05, 0) is 6.42 Å². The largest absolute Gasteiger partial charge is 0.381 e. The van der Waals surface area contributed by atoms with Crippen LogP contribution in [0.4, 0.5) is 0 Å². The Kier molecular flexibility index (Phi) is 2.12. The fraction of sp³-hybridized carbons (Fsp3) is 1.00.